The quantitative estimate of drug-likeness (QED) is 0.901. The molecule has 1 N–H and O–H groups in total. The number of aliphatic hydroxyl groups is 1. The monoisotopic (exact) mass is 339 g/mol. The number of aliphatic hydroxyl groups excluding tert-OH is 1. The lowest BCUT2D eigenvalue weighted by atomic mass is 10.2. The van der Waals surface area contributed by atoms with Crippen molar-refractivity contribution in [3.8, 4) is 5.75 Å². The van der Waals surface area contributed by atoms with E-state index in [-0.39, 0.29) is 6.10 Å². The highest BCUT2D eigenvalue weighted by Crippen LogP contribution is 2.18. The number of hydrogen-bond donors (Lipinski definition) is 1. The molecular weight excluding hydrogens is 326 g/mol. The summed E-state index contributed by atoms with van der Waals surface area (Å²) in [5.41, 5.74) is 0. The summed E-state index contributed by atoms with van der Waals surface area (Å²) in [4.78, 5) is 4.12. The number of aromatic nitrogens is 1. The molecule has 2 unspecified atom stereocenters. The van der Waals surface area contributed by atoms with Gasteiger partial charge in [0, 0.05) is 16.0 Å². The molecule has 0 aliphatic carbocycles. The Morgan fingerprint density at radius 1 is 1.37 bits per heavy atom. The van der Waals surface area contributed by atoms with Crippen molar-refractivity contribution in [2.45, 2.75) is 19.1 Å². The van der Waals surface area contributed by atoms with Gasteiger partial charge in [-0.15, -0.1) is 11.3 Å². The van der Waals surface area contributed by atoms with E-state index in [0.29, 0.717) is 0 Å². The fourth-order valence-electron chi connectivity index (χ4n) is 1.45. The molecule has 3 nitrogen and oxygen atoms in total. The lowest BCUT2D eigenvalue weighted by Crippen LogP contribution is -2.26. The zero-order valence-corrected chi connectivity index (χ0v) is 12.8. The lowest BCUT2D eigenvalue weighted by molar-refractivity contribution is 0.0799. The Bertz CT molecular complexity index is 525. The molecule has 0 aliphatic rings. The first-order valence-electron chi connectivity index (χ1n) is 5.83. The van der Waals surface area contributed by atoms with Crippen molar-refractivity contribution in [3.63, 3.8) is 0 Å². The number of rotatable bonds is 5. The van der Waals surface area contributed by atoms with E-state index in [1.165, 1.54) is 11.3 Å². The molecular formula is C14H14BrNO2S. The van der Waals surface area contributed by atoms with Gasteiger partial charge in [0.15, 0.2) is 0 Å². The highest BCUT2D eigenvalue weighted by Gasteiger charge is 2.12. The number of thiazole rings is 1. The van der Waals surface area contributed by atoms with Gasteiger partial charge in [-0.2, -0.15) is 0 Å². The first kappa shape index (κ1) is 14.2. The molecule has 1 heterocycles. The van der Waals surface area contributed by atoms with E-state index >= 15 is 0 Å². The Hall–Kier alpha value is -1.17. The van der Waals surface area contributed by atoms with Crippen LogP contribution in [0, 0.1) is 0 Å². The largest absolute Gasteiger partial charge is 0.488 e. The predicted octanol–water partition coefficient (Wildman–Crippen LogP) is 3.75. The van der Waals surface area contributed by atoms with Crippen LogP contribution in [0.1, 0.15) is 11.9 Å². The van der Waals surface area contributed by atoms with Gasteiger partial charge in [-0.25, -0.2) is 4.98 Å². The van der Waals surface area contributed by atoms with Crippen LogP contribution in [0.5, 0.6) is 5.75 Å². The van der Waals surface area contributed by atoms with Crippen LogP contribution in [0.3, 0.4) is 0 Å². The maximum Gasteiger partial charge on any atom is 0.125 e. The van der Waals surface area contributed by atoms with Crippen molar-refractivity contribution >= 4 is 33.3 Å². The molecule has 5 heteroatoms. The molecule has 0 radical (unpaired) electrons. The Labute approximate surface area is 124 Å². The standard InChI is InChI=1S/C14H14BrNO2S/c1-10(18-12-4-2-11(15)3-5-12)13(17)6-7-14-16-8-9-19-14/h2-10,13,17H,1H3. The minimum atomic E-state index is -0.674. The summed E-state index contributed by atoms with van der Waals surface area (Å²) in [6, 6.07) is 7.52. The Morgan fingerprint density at radius 3 is 2.74 bits per heavy atom. The van der Waals surface area contributed by atoms with E-state index in [1.54, 1.807) is 18.3 Å². The Balaban J connectivity index is 1.92. The molecule has 0 saturated heterocycles. The highest BCUT2D eigenvalue weighted by molar-refractivity contribution is 9.10. The zero-order valence-electron chi connectivity index (χ0n) is 10.4. The van der Waals surface area contributed by atoms with Crippen molar-refractivity contribution in [2.75, 3.05) is 0 Å². The van der Waals surface area contributed by atoms with Crippen molar-refractivity contribution < 1.29 is 9.84 Å². The molecule has 0 saturated carbocycles. The Morgan fingerprint density at radius 2 is 2.11 bits per heavy atom. The molecule has 2 atom stereocenters. The molecule has 19 heavy (non-hydrogen) atoms. The summed E-state index contributed by atoms with van der Waals surface area (Å²) in [6.07, 6.45) is 4.24. The van der Waals surface area contributed by atoms with Gasteiger partial charge >= 0.3 is 0 Å². The van der Waals surface area contributed by atoms with Crippen molar-refractivity contribution in [1.82, 2.24) is 4.98 Å². The Kier molecular flexibility index (Phi) is 5.13. The smallest absolute Gasteiger partial charge is 0.125 e. The molecule has 0 amide bonds. The van der Waals surface area contributed by atoms with E-state index in [1.807, 2.05) is 36.6 Å². The van der Waals surface area contributed by atoms with Crippen LogP contribution in [0.15, 0.2) is 46.4 Å². The van der Waals surface area contributed by atoms with Gasteiger partial charge in [0.25, 0.3) is 0 Å². The molecule has 2 rings (SSSR count). The fourth-order valence-corrected chi connectivity index (χ4v) is 2.26. The van der Waals surface area contributed by atoms with E-state index in [2.05, 4.69) is 20.9 Å². The lowest BCUT2D eigenvalue weighted by Gasteiger charge is -2.17. The van der Waals surface area contributed by atoms with Crippen LogP contribution in [0.2, 0.25) is 0 Å². The van der Waals surface area contributed by atoms with Crippen molar-refractivity contribution in [1.29, 1.82) is 0 Å². The molecule has 1 aromatic carbocycles. The van der Waals surface area contributed by atoms with E-state index < -0.39 is 6.10 Å². The van der Waals surface area contributed by atoms with E-state index in [0.717, 1.165) is 15.2 Å². The molecule has 0 spiro atoms. The third kappa shape index (κ3) is 4.45. The summed E-state index contributed by atoms with van der Waals surface area (Å²) >= 11 is 4.89. The summed E-state index contributed by atoms with van der Waals surface area (Å²) in [6.45, 7) is 1.83. The van der Waals surface area contributed by atoms with Crippen molar-refractivity contribution in [3.05, 3.63) is 51.4 Å². The second-order valence-corrected chi connectivity index (χ2v) is 5.84. The van der Waals surface area contributed by atoms with Gasteiger partial charge in [-0.3, -0.25) is 0 Å². The number of ether oxygens (including phenoxy) is 1. The third-order valence-electron chi connectivity index (χ3n) is 2.50. The molecule has 0 aliphatic heterocycles. The maximum atomic E-state index is 9.99. The number of halogens is 1. The number of benzene rings is 1. The van der Waals surface area contributed by atoms with E-state index in [9.17, 15) is 5.11 Å². The van der Waals surface area contributed by atoms with Gasteiger partial charge in [0.2, 0.25) is 0 Å². The zero-order chi connectivity index (χ0) is 13.7. The minimum absolute atomic E-state index is 0.322. The van der Waals surface area contributed by atoms with Gasteiger partial charge in [0.1, 0.15) is 23.0 Å². The molecule has 0 fully saturated rings. The molecule has 0 bridgehead atoms. The number of hydrogen-bond acceptors (Lipinski definition) is 4. The van der Waals surface area contributed by atoms with Crippen LogP contribution in [-0.4, -0.2) is 22.3 Å². The maximum absolute atomic E-state index is 9.99. The van der Waals surface area contributed by atoms with Crippen LogP contribution >= 0.6 is 27.3 Å². The highest BCUT2D eigenvalue weighted by atomic mass is 79.9. The molecule has 2 aromatic rings. The molecule has 1 aromatic heterocycles. The summed E-state index contributed by atoms with van der Waals surface area (Å²) < 4.78 is 6.66. The second kappa shape index (κ2) is 6.84. The van der Waals surface area contributed by atoms with Crippen LogP contribution < -0.4 is 4.74 Å². The summed E-state index contributed by atoms with van der Waals surface area (Å²) in [5.74, 6) is 0.734. The summed E-state index contributed by atoms with van der Waals surface area (Å²) in [7, 11) is 0. The summed E-state index contributed by atoms with van der Waals surface area (Å²) in [5, 5.41) is 12.8. The minimum Gasteiger partial charge on any atom is -0.488 e. The average Bonchev–Trinajstić information content (AvgIpc) is 2.91. The predicted molar refractivity (Wildman–Crippen MR) is 81.4 cm³/mol. The second-order valence-electron chi connectivity index (χ2n) is 4.00. The normalized spacial score (nSPS) is 14.5. The first-order valence-corrected chi connectivity index (χ1v) is 7.50. The number of nitrogens with zero attached hydrogens (tertiary/aromatic N) is 1. The van der Waals surface area contributed by atoms with Gasteiger partial charge in [-0.05, 0) is 43.3 Å². The van der Waals surface area contributed by atoms with Crippen LogP contribution in [0.25, 0.3) is 6.08 Å². The van der Waals surface area contributed by atoms with E-state index in [4.69, 9.17) is 4.74 Å². The van der Waals surface area contributed by atoms with Gasteiger partial charge < -0.3 is 9.84 Å². The van der Waals surface area contributed by atoms with Crippen molar-refractivity contribution in [2.24, 2.45) is 0 Å². The van der Waals surface area contributed by atoms with Crippen LogP contribution in [0.4, 0.5) is 0 Å². The average molecular weight is 340 g/mol. The first-order chi connectivity index (χ1) is 9.15. The third-order valence-corrected chi connectivity index (χ3v) is 3.77. The SMILES string of the molecule is CC(Oc1ccc(Br)cc1)C(O)C=Cc1nccs1. The topological polar surface area (TPSA) is 42.4 Å². The van der Waals surface area contributed by atoms with Gasteiger partial charge in [0.05, 0.1) is 0 Å². The molecule has 100 valence electrons. The fraction of sp³-hybridized carbons (Fsp3) is 0.214. The van der Waals surface area contributed by atoms with Gasteiger partial charge in [-0.1, -0.05) is 15.9 Å². The van der Waals surface area contributed by atoms with Crippen LogP contribution in [-0.2, 0) is 0 Å².